The normalized spacial score (nSPS) is 18.8. The zero-order valence-electron chi connectivity index (χ0n) is 16.0. The van der Waals surface area contributed by atoms with Crippen LogP contribution in [0.2, 0.25) is 0 Å². The van der Waals surface area contributed by atoms with Gasteiger partial charge in [-0.25, -0.2) is 4.98 Å². The first-order valence-corrected chi connectivity index (χ1v) is 10.5. The lowest BCUT2D eigenvalue weighted by Crippen LogP contribution is -2.44. The Morgan fingerprint density at radius 1 is 1.31 bits per heavy atom. The van der Waals surface area contributed by atoms with Gasteiger partial charge >= 0.3 is 0 Å². The third kappa shape index (κ3) is 4.46. The molecule has 7 heteroatoms. The molecule has 2 atom stereocenters. The summed E-state index contributed by atoms with van der Waals surface area (Å²) in [6, 6.07) is 16.6. The van der Waals surface area contributed by atoms with Gasteiger partial charge in [-0.2, -0.15) is 5.26 Å². The number of nitriles is 1. The van der Waals surface area contributed by atoms with Crippen LogP contribution in [-0.2, 0) is 16.0 Å². The Balaban J connectivity index is 1.48. The minimum Gasteiger partial charge on any atom is -0.367 e. The molecule has 1 aromatic heterocycles. The van der Waals surface area contributed by atoms with Gasteiger partial charge in [0.1, 0.15) is 12.1 Å². The third-order valence-corrected chi connectivity index (χ3v) is 6.07. The molecule has 148 valence electrons. The number of thiazole rings is 1. The van der Waals surface area contributed by atoms with Crippen LogP contribution < -0.4 is 5.73 Å². The summed E-state index contributed by atoms with van der Waals surface area (Å²) in [7, 11) is 0. The molecule has 0 aliphatic carbocycles. The van der Waals surface area contributed by atoms with Crippen molar-refractivity contribution in [3.63, 3.8) is 0 Å². The molecule has 6 nitrogen and oxygen atoms in total. The maximum atomic E-state index is 11.5. The Hall–Kier alpha value is -2.79. The lowest BCUT2D eigenvalue weighted by atomic mass is 10.00. The molecule has 3 aromatic rings. The molecule has 4 rings (SSSR count). The topological polar surface area (TPSA) is 92.2 Å². The molecule has 2 heterocycles. The second kappa shape index (κ2) is 8.70. The highest BCUT2D eigenvalue weighted by Gasteiger charge is 2.27. The summed E-state index contributed by atoms with van der Waals surface area (Å²) >= 11 is 1.64. The molecule has 1 saturated heterocycles. The van der Waals surface area contributed by atoms with E-state index in [1.54, 1.807) is 11.3 Å². The van der Waals surface area contributed by atoms with Gasteiger partial charge in [-0.05, 0) is 35.2 Å². The second-order valence-corrected chi connectivity index (χ2v) is 8.08. The van der Waals surface area contributed by atoms with Crippen molar-refractivity contribution in [2.75, 3.05) is 19.7 Å². The van der Waals surface area contributed by atoms with Crippen molar-refractivity contribution in [1.29, 1.82) is 5.26 Å². The fourth-order valence-corrected chi connectivity index (χ4v) is 4.31. The zero-order chi connectivity index (χ0) is 20.2. The number of benzene rings is 2. The van der Waals surface area contributed by atoms with Gasteiger partial charge < -0.3 is 10.5 Å². The van der Waals surface area contributed by atoms with Gasteiger partial charge in [-0.3, -0.25) is 9.69 Å². The van der Waals surface area contributed by atoms with E-state index in [-0.39, 0.29) is 6.04 Å². The summed E-state index contributed by atoms with van der Waals surface area (Å²) in [5.41, 5.74) is 11.6. The van der Waals surface area contributed by atoms with E-state index >= 15 is 0 Å². The molecule has 1 fully saturated rings. The molecule has 0 radical (unpaired) electrons. The number of hydrogen-bond donors (Lipinski definition) is 1. The summed E-state index contributed by atoms with van der Waals surface area (Å²) in [5, 5.41) is 9.71. The summed E-state index contributed by atoms with van der Waals surface area (Å²) in [6.45, 7) is 1.56. The molecule has 29 heavy (non-hydrogen) atoms. The van der Waals surface area contributed by atoms with Gasteiger partial charge in [0.2, 0.25) is 5.91 Å². The van der Waals surface area contributed by atoms with Crippen molar-refractivity contribution in [3.8, 4) is 17.2 Å². The molecule has 0 bridgehead atoms. The number of carbonyl (C=O) groups excluding carboxylic acids is 1. The van der Waals surface area contributed by atoms with E-state index in [2.05, 4.69) is 53.5 Å². The van der Waals surface area contributed by atoms with Crippen LogP contribution in [0.4, 0.5) is 0 Å². The largest absolute Gasteiger partial charge is 0.367 e. The van der Waals surface area contributed by atoms with Gasteiger partial charge in [-0.1, -0.05) is 30.3 Å². The first kappa shape index (κ1) is 19.5. The van der Waals surface area contributed by atoms with Crippen molar-refractivity contribution >= 4 is 27.5 Å². The Labute approximate surface area is 173 Å². The molecule has 1 aliphatic rings. The van der Waals surface area contributed by atoms with Gasteiger partial charge in [0.15, 0.2) is 0 Å². The van der Waals surface area contributed by atoms with Crippen LogP contribution in [0.25, 0.3) is 21.3 Å². The number of amides is 1. The van der Waals surface area contributed by atoms with Crippen molar-refractivity contribution in [2.45, 2.75) is 25.0 Å². The first-order chi connectivity index (χ1) is 14.1. The average molecular weight is 407 g/mol. The summed E-state index contributed by atoms with van der Waals surface area (Å²) in [4.78, 5) is 17.9. The number of ether oxygens (including phenoxy) is 1. The monoisotopic (exact) mass is 406 g/mol. The molecular weight excluding hydrogens is 384 g/mol. The molecule has 0 spiro atoms. The van der Waals surface area contributed by atoms with E-state index < -0.39 is 12.0 Å². The maximum absolute atomic E-state index is 11.5. The van der Waals surface area contributed by atoms with Crippen LogP contribution in [0.5, 0.6) is 0 Å². The highest BCUT2D eigenvalue weighted by atomic mass is 32.1. The van der Waals surface area contributed by atoms with Crippen LogP contribution in [0, 0.1) is 11.3 Å². The van der Waals surface area contributed by atoms with E-state index in [9.17, 15) is 10.1 Å². The van der Waals surface area contributed by atoms with Crippen molar-refractivity contribution in [2.24, 2.45) is 5.73 Å². The number of fused-ring (bicyclic) bond motifs is 1. The highest BCUT2D eigenvalue weighted by Crippen LogP contribution is 2.26. The fraction of sp³-hybridized carbons (Fsp3) is 0.318. The van der Waals surface area contributed by atoms with Crippen LogP contribution >= 0.6 is 11.3 Å². The summed E-state index contributed by atoms with van der Waals surface area (Å²) in [6.07, 6.45) is 0.712. The molecular formula is C22H22N4O2S. The lowest BCUT2D eigenvalue weighted by molar-refractivity contribution is -0.129. The molecule has 0 saturated carbocycles. The van der Waals surface area contributed by atoms with E-state index in [0.29, 0.717) is 26.1 Å². The van der Waals surface area contributed by atoms with E-state index in [1.165, 1.54) is 4.70 Å². The van der Waals surface area contributed by atoms with E-state index in [4.69, 9.17) is 10.5 Å². The smallest absolute Gasteiger partial charge is 0.247 e. The van der Waals surface area contributed by atoms with Crippen molar-refractivity contribution in [1.82, 2.24) is 9.88 Å². The minimum atomic E-state index is -0.656. The quantitative estimate of drug-likeness (QED) is 0.703. The van der Waals surface area contributed by atoms with Crippen LogP contribution in [0.3, 0.4) is 0 Å². The van der Waals surface area contributed by atoms with Gasteiger partial charge in [-0.15, -0.1) is 11.3 Å². The predicted octanol–water partition coefficient (Wildman–Crippen LogP) is 2.97. The van der Waals surface area contributed by atoms with Crippen LogP contribution in [-0.4, -0.2) is 47.6 Å². The van der Waals surface area contributed by atoms with Gasteiger partial charge in [0.25, 0.3) is 0 Å². The van der Waals surface area contributed by atoms with Crippen LogP contribution in [0.15, 0.2) is 48.0 Å². The zero-order valence-corrected chi connectivity index (χ0v) is 16.8. The van der Waals surface area contributed by atoms with Gasteiger partial charge in [0.05, 0.1) is 21.8 Å². The average Bonchev–Trinajstić information content (AvgIpc) is 3.07. The number of nitrogens with zero attached hydrogens (tertiary/aromatic N) is 3. The summed E-state index contributed by atoms with van der Waals surface area (Å²) in [5.74, 6) is -0.477. The summed E-state index contributed by atoms with van der Waals surface area (Å²) < 4.78 is 6.68. The number of aromatic nitrogens is 1. The first-order valence-electron chi connectivity index (χ1n) is 9.61. The molecule has 1 amide bonds. The Bertz CT molecular complexity index is 1040. The van der Waals surface area contributed by atoms with E-state index in [1.807, 2.05) is 10.4 Å². The maximum Gasteiger partial charge on any atom is 0.247 e. The number of rotatable bonds is 5. The second-order valence-electron chi connectivity index (χ2n) is 7.19. The Kier molecular flexibility index (Phi) is 5.86. The number of carbonyl (C=O) groups is 1. The van der Waals surface area contributed by atoms with Gasteiger partial charge in [0, 0.05) is 26.1 Å². The molecule has 2 aromatic carbocycles. The highest BCUT2D eigenvalue weighted by molar-refractivity contribution is 7.16. The number of primary amides is 1. The minimum absolute atomic E-state index is 0.323. The predicted molar refractivity (Wildman–Crippen MR) is 113 cm³/mol. The van der Waals surface area contributed by atoms with Crippen molar-refractivity contribution in [3.05, 3.63) is 53.5 Å². The lowest BCUT2D eigenvalue weighted by Gasteiger charge is -2.27. The number of hydrogen-bond acceptors (Lipinski definition) is 6. The SMILES string of the molecule is N#C[C@H](Cc1ccc(-c2ccc3scnc3c2)cc1)N1CCCO[C@H](C(N)=O)C1. The third-order valence-electron chi connectivity index (χ3n) is 5.26. The Morgan fingerprint density at radius 2 is 2.10 bits per heavy atom. The standard InChI is InChI=1S/C22H22N4O2S/c23-12-18(26-8-1-9-28-20(13-26)22(24)27)10-15-2-4-16(5-3-15)17-6-7-21-19(11-17)25-14-29-21/h2-7,11,14,18,20H,1,8-10,13H2,(H2,24,27)/t18-,20-/m0/s1. The molecule has 1 aliphatic heterocycles. The van der Waals surface area contributed by atoms with E-state index in [0.717, 1.165) is 28.6 Å². The van der Waals surface area contributed by atoms with Crippen LogP contribution in [0.1, 0.15) is 12.0 Å². The molecule has 0 unspecified atom stereocenters. The molecule has 2 N–H and O–H groups in total. The fourth-order valence-electron chi connectivity index (χ4n) is 3.66. The Morgan fingerprint density at radius 3 is 2.86 bits per heavy atom. The van der Waals surface area contributed by atoms with Crippen molar-refractivity contribution < 1.29 is 9.53 Å². The number of nitrogens with two attached hydrogens (primary N) is 1.